The number of likely N-dealkylation sites (N-methyl/N-ethyl adjacent to an activating group) is 1. The normalized spacial score (nSPS) is 19.4. The Balaban J connectivity index is 1.82. The number of piperazine rings is 1. The highest BCUT2D eigenvalue weighted by atomic mass is 16.5. The van der Waals surface area contributed by atoms with Crippen LogP contribution in [0.1, 0.15) is 17.3 Å². The SMILES string of the molecule is Cc1noc2ncnc(N3CCN(C)C[C@H]3c3ccccc3)c12. The highest BCUT2D eigenvalue weighted by Gasteiger charge is 2.30. The smallest absolute Gasteiger partial charge is 0.263 e. The second-order valence-corrected chi connectivity index (χ2v) is 6.03. The Morgan fingerprint density at radius 1 is 1.13 bits per heavy atom. The first kappa shape index (κ1) is 14.1. The van der Waals surface area contributed by atoms with E-state index in [0.29, 0.717) is 5.71 Å². The molecule has 1 atom stereocenters. The second kappa shape index (κ2) is 5.62. The van der Waals surface area contributed by atoms with Gasteiger partial charge in [0.25, 0.3) is 5.71 Å². The van der Waals surface area contributed by atoms with Gasteiger partial charge in [0.05, 0.1) is 11.7 Å². The molecule has 118 valence electrons. The van der Waals surface area contributed by atoms with Crippen LogP contribution in [0.5, 0.6) is 0 Å². The lowest BCUT2D eigenvalue weighted by Crippen LogP contribution is -2.47. The van der Waals surface area contributed by atoms with E-state index in [1.165, 1.54) is 5.56 Å². The van der Waals surface area contributed by atoms with E-state index >= 15 is 0 Å². The molecule has 0 saturated carbocycles. The van der Waals surface area contributed by atoms with Gasteiger partial charge in [-0.05, 0) is 19.5 Å². The van der Waals surface area contributed by atoms with Crippen molar-refractivity contribution in [1.82, 2.24) is 20.0 Å². The van der Waals surface area contributed by atoms with Crippen molar-refractivity contribution in [1.29, 1.82) is 0 Å². The van der Waals surface area contributed by atoms with E-state index in [9.17, 15) is 0 Å². The van der Waals surface area contributed by atoms with Gasteiger partial charge in [-0.2, -0.15) is 4.98 Å². The van der Waals surface area contributed by atoms with Crippen LogP contribution in [0.15, 0.2) is 41.2 Å². The van der Waals surface area contributed by atoms with Crippen molar-refractivity contribution in [3.8, 4) is 0 Å². The fourth-order valence-electron chi connectivity index (χ4n) is 3.26. The topological polar surface area (TPSA) is 58.3 Å². The van der Waals surface area contributed by atoms with Crippen molar-refractivity contribution in [3.05, 3.63) is 47.9 Å². The van der Waals surface area contributed by atoms with Gasteiger partial charge in [-0.1, -0.05) is 35.5 Å². The summed E-state index contributed by atoms with van der Waals surface area (Å²) in [5, 5.41) is 4.96. The van der Waals surface area contributed by atoms with Crippen molar-refractivity contribution < 1.29 is 4.52 Å². The number of hydrogen-bond acceptors (Lipinski definition) is 6. The number of aryl methyl sites for hydroxylation is 1. The molecule has 0 aliphatic carbocycles. The van der Waals surface area contributed by atoms with E-state index in [0.717, 1.165) is 36.5 Å². The molecule has 6 nitrogen and oxygen atoms in total. The second-order valence-electron chi connectivity index (χ2n) is 6.03. The average Bonchev–Trinajstić information content (AvgIpc) is 2.97. The van der Waals surface area contributed by atoms with Crippen LogP contribution in [0.4, 0.5) is 5.82 Å². The minimum Gasteiger partial charge on any atom is -0.346 e. The van der Waals surface area contributed by atoms with Crippen LogP contribution < -0.4 is 4.90 Å². The molecule has 0 radical (unpaired) electrons. The van der Waals surface area contributed by atoms with Crippen molar-refractivity contribution >= 4 is 16.9 Å². The van der Waals surface area contributed by atoms with Gasteiger partial charge in [0.1, 0.15) is 17.5 Å². The molecule has 23 heavy (non-hydrogen) atoms. The summed E-state index contributed by atoms with van der Waals surface area (Å²) in [6.07, 6.45) is 1.56. The monoisotopic (exact) mass is 309 g/mol. The number of fused-ring (bicyclic) bond motifs is 1. The molecule has 1 aliphatic rings. The predicted molar refractivity (Wildman–Crippen MR) is 88.4 cm³/mol. The number of nitrogens with zero attached hydrogens (tertiary/aromatic N) is 5. The van der Waals surface area contributed by atoms with Gasteiger partial charge in [-0.3, -0.25) is 0 Å². The Morgan fingerprint density at radius 2 is 1.96 bits per heavy atom. The van der Waals surface area contributed by atoms with Crippen molar-refractivity contribution in [2.75, 3.05) is 31.6 Å². The van der Waals surface area contributed by atoms with E-state index in [1.54, 1.807) is 6.33 Å². The standard InChI is InChI=1S/C17H19N5O/c1-12-15-16(18-11-19-17(15)23-20-12)22-9-8-21(2)10-14(22)13-6-4-3-5-7-13/h3-7,11,14H,8-10H2,1-2H3/t14-/m0/s1. The van der Waals surface area contributed by atoms with Gasteiger partial charge >= 0.3 is 0 Å². The molecule has 4 rings (SSSR count). The molecule has 0 bridgehead atoms. The van der Waals surface area contributed by atoms with Crippen LogP contribution in [0, 0.1) is 6.92 Å². The Labute approximate surface area is 134 Å². The van der Waals surface area contributed by atoms with Gasteiger partial charge in [-0.25, -0.2) is 4.98 Å². The lowest BCUT2D eigenvalue weighted by Gasteiger charge is -2.41. The van der Waals surface area contributed by atoms with Crippen molar-refractivity contribution in [3.63, 3.8) is 0 Å². The molecule has 1 saturated heterocycles. The van der Waals surface area contributed by atoms with Crippen LogP contribution in [0.25, 0.3) is 11.1 Å². The lowest BCUT2D eigenvalue weighted by molar-refractivity contribution is 0.268. The molecule has 0 N–H and O–H groups in total. The maximum absolute atomic E-state index is 5.30. The molecule has 0 amide bonds. The summed E-state index contributed by atoms with van der Waals surface area (Å²) in [5.41, 5.74) is 2.68. The van der Waals surface area contributed by atoms with Crippen LogP contribution in [-0.4, -0.2) is 46.7 Å². The zero-order chi connectivity index (χ0) is 15.8. The van der Waals surface area contributed by atoms with E-state index in [4.69, 9.17) is 4.52 Å². The third kappa shape index (κ3) is 2.45. The van der Waals surface area contributed by atoms with Gasteiger partial charge in [-0.15, -0.1) is 0 Å². The Kier molecular flexibility index (Phi) is 3.46. The van der Waals surface area contributed by atoms with E-state index in [1.807, 2.05) is 13.0 Å². The molecule has 1 fully saturated rings. The molecular formula is C17H19N5O. The Bertz CT molecular complexity index is 816. The number of rotatable bonds is 2. The molecule has 3 aromatic rings. The molecule has 1 aliphatic heterocycles. The van der Waals surface area contributed by atoms with Crippen LogP contribution in [0.3, 0.4) is 0 Å². The molecular weight excluding hydrogens is 290 g/mol. The first-order chi connectivity index (χ1) is 11.2. The van der Waals surface area contributed by atoms with Gasteiger partial charge < -0.3 is 14.3 Å². The summed E-state index contributed by atoms with van der Waals surface area (Å²) in [6.45, 7) is 4.80. The maximum atomic E-state index is 5.30. The zero-order valence-corrected chi connectivity index (χ0v) is 13.3. The molecule has 0 unspecified atom stereocenters. The maximum Gasteiger partial charge on any atom is 0.263 e. The Morgan fingerprint density at radius 3 is 2.78 bits per heavy atom. The number of aromatic nitrogens is 3. The third-order valence-electron chi connectivity index (χ3n) is 4.46. The average molecular weight is 309 g/mol. The number of hydrogen-bond donors (Lipinski definition) is 0. The predicted octanol–water partition coefficient (Wildman–Crippen LogP) is 2.42. The minimum atomic E-state index is 0.252. The highest BCUT2D eigenvalue weighted by molar-refractivity contribution is 5.88. The fraction of sp³-hybridized carbons (Fsp3) is 0.353. The van der Waals surface area contributed by atoms with Gasteiger partial charge in [0.15, 0.2) is 0 Å². The van der Waals surface area contributed by atoms with E-state index in [-0.39, 0.29) is 6.04 Å². The summed E-state index contributed by atoms with van der Waals surface area (Å²) in [6, 6.07) is 10.8. The lowest BCUT2D eigenvalue weighted by atomic mass is 10.0. The molecule has 1 aromatic carbocycles. The van der Waals surface area contributed by atoms with Crippen LogP contribution in [-0.2, 0) is 0 Å². The minimum absolute atomic E-state index is 0.252. The quantitative estimate of drug-likeness (QED) is 0.724. The summed E-state index contributed by atoms with van der Waals surface area (Å²) in [4.78, 5) is 13.5. The van der Waals surface area contributed by atoms with Gasteiger partial charge in [0.2, 0.25) is 0 Å². The van der Waals surface area contributed by atoms with Crippen LogP contribution in [0.2, 0.25) is 0 Å². The number of benzene rings is 1. The largest absolute Gasteiger partial charge is 0.346 e. The molecule has 2 aromatic heterocycles. The van der Waals surface area contributed by atoms with Gasteiger partial charge in [0, 0.05) is 19.6 Å². The molecule has 6 heteroatoms. The highest BCUT2D eigenvalue weighted by Crippen LogP contribution is 2.34. The first-order valence-corrected chi connectivity index (χ1v) is 7.81. The van der Waals surface area contributed by atoms with E-state index in [2.05, 4.69) is 56.2 Å². The zero-order valence-electron chi connectivity index (χ0n) is 13.3. The van der Waals surface area contributed by atoms with Crippen molar-refractivity contribution in [2.24, 2.45) is 0 Å². The van der Waals surface area contributed by atoms with Crippen LogP contribution >= 0.6 is 0 Å². The summed E-state index contributed by atoms with van der Waals surface area (Å²) in [5.74, 6) is 0.913. The summed E-state index contributed by atoms with van der Waals surface area (Å²) in [7, 11) is 2.16. The molecule has 3 heterocycles. The fourth-order valence-corrected chi connectivity index (χ4v) is 3.26. The Hall–Kier alpha value is -2.47. The third-order valence-corrected chi connectivity index (χ3v) is 4.46. The number of anilines is 1. The van der Waals surface area contributed by atoms with E-state index < -0.39 is 0 Å². The summed E-state index contributed by atoms with van der Waals surface area (Å²) < 4.78 is 5.30. The summed E-state index contributed by atoms with van der Waals surface area (Å²) >= 11 is 0. The molecule has 0 spiro atoms. The first-order valence-electron chi connectivity index (χ1n) is 7.81. The van der Waals surface area contributed by atoms with Crippen molar-refractivity contribution in [2.45, 2.75) is 13.0 Å².